The smallest absolute Gasteiger partial charge is 0.0821 e. The first-order chi connectivity index (χ1) is 5.72. The highest BCUT2D eigenvalue weighted by Crippen LogP contribution is 2.47. The van der Waals surface area contributed by atoms with Crippen LogP contribution in [0.5, 0.6) is 0 Å². The molecule has 0 aromatic rings. The largest absolute Gasteiger partial charge is 0.316 e. The van der Waals surface area contributed by atoms with Crippen LogP contribution in [0.15, 0.2) is 0 Å². The number of nitrogens with zero attached hydrogens (tertiary/aromatic N) is 2. The lowest BCUT2D eigenvalue weighted by Crippen LogP contribution is -2.22. The molecule has 1 rings (SSSR count). The Morgan fingerprint density at radius 3 is 2.75 bits per heavy atom. The molecule has 0 aromatic carbocycles. The lowest BCUT2D eigenvalue weighted by molar-refractivity contribution is -0.0752. The van der Waals surface area contributed by atoms with Crippen molar-refractivity contribution in [1.82, 2.24) is 4.47 Å². The topological polar surface area (TPSA) is 62.3 Å². The molecule has 0 atom stereocenters. The zero-order valence-corrected chi connectivity index (χ0v) is 7.76. The van der Waals surface area contributed by atoms with E-state index in [1.54, 1.807) is 0 Å². The molecular formula is C7H13N3OS. The second-order valence-electron chi connectivity index (χ2n) is 3.01. The Hall–Kier alpha value is -0.280. The van der Waals surface area contributed by atoms with E-state index < -0.39 is 0 Å². The number of nitrogens with two attached hydrogens (primary N) is 1. The van der Waals surface area contributed by atoms with Gasteiger partial charge in [0, 0.05) is 0 Å². The van der Waals surface area contributed by atoms with E-state index in [1.165, 1.54) is 4.47 Å². The summed E-state index contributed by atoms with van der Waals surface area (Å²) < 4.78 is 1.27. The van der Waals surface area contributed by atoms with Crippen LogP contribution in [0.2, 0.25) is 0 Å². The number of hydrogen-bond donors (Lipinski definition) is 2. The maximum atomic E-state index is 8.72. The van der Waals surface area contributed by atoms with Crippen molar-refractivity contribution in [2.75, 3.05) is 13.3 Å². The van der Waals surface area contributed by atoms with Crippen LogP contribution in [0.3, 0.4) is 0 Å². The molecule has 0 saturated heterocycles. The minimum absolute atomic E-state index is 0.0940. The van der Waals surface area contributed by atoms with Gasteiger partial charge in [-0.15, -0.1) is 4.47 Å². The molecule has 1 fully saturated rings. The number of hydroxylamine groups is 1. The highest BCUT2D eigenvalue weighted by molar-refractivity contribution is 7.77. The van der Waals surface area contributed by atoms with Crippen molar-refractivity contribution < 1.29 is 4.84 Å². The first kappa shape index (κ1) is 9.81. The normalized spacial score (nSPS) is 19.2. The number of rotatable bonds is 5. The predicted molar refractivity (Wildman–Crippen MR) is 47.7 cm³/mol. The third-order valence-corrected chi connectivity index (χ3v) is 2.35. The summed E-state index contributed by atoms with van der Waals surface area (Å²) in [6.07, 6.45) is 2.78. The summed E-state index contributed by atoms with van der Waals surface area (Å²) in [6, 6.07) is 2.29. The molecule has 2 N–H and O–H groups in total. The molecule has 12 heavy (non-hydrogen) atoms. The zero-order valence-electron chi connectivity index (χ0n) is 6.86. The van der Waals surface area contributed by atoms with Crippen molar-refractivity contribution in [1.29, 1.82) is 5.26 Å². The van der Waals surface area contributed by atoms with Gasteiger partial charge in [-0.25, -0.2) is 0 Å². The van der Waals surface area contributed by atoms with E-state index in [1.807, 2.05) is 0 Å². The van der Waals surface area contributed by atoms with E-state index in [-0.39, 0.29) is 12.1 Å². The Bertz CT molecular complexity index is 188. The van der Waals surface area contributed by atoms with Crippen molar-refractivity contribution in [3.8, 4) is 6.07 Å². The van der Waals surface area contributed by atoms with Crippen LogP contribution in [0.1, 0.15) is 19.3 Å². The molecule has 1 saturated carbocycles. The fourth-order valence-electron chi connectivity index (χ4n) is 0.968. The van der Waals surface area contributed by atoms with Crippen LogP contribution >= 0.6 is 12.8 Å². The van der Waals surface area contributed by atoms with Gasteiger partial charge in [-0.1, -0.05) is 12.8 Å². The second-order valence-corrected chi connectivity index (χ2v) is 3.46. The fourth-order valence-corrected chi connectivity index (χ4v) is 1.05. The third-order valence-electron chi connectivity index (χ3n) is 2.07. The van der Waals surface area contributed by atoms with Crippen molar-refractivity contribution in [2.24, 2.45) is 11.1 Å². The summed E-state index contributed by atoms with van der Waals surface area (Å²) >= 11 is 3.91. The molecule has 0 aromatic heterocycles. The number of thiol groups is 1. The minimum Gasteiger partial charge on any atom is -0.316 e. The lowest BCUT2D eigenvalue weighted by atomic mass is 10.1. The number of nitriles is 1. The van der Waals surface area contributed by atoms with E-state index in [0.29, 0.717) is 6.61 Å². The van der Waals surface area contributed by atoms with Gasteiger partial charge in [0.2, 0.25) is 0 Å². The molecule has 0 heterocycles. The molecule has 0 radical (unpaired) electrons. The molecule has 0 unspecified atom stereocenters. The molecule has 1 aliphatic carbocycles. The molecular weight excluding hydrogens is 174 g/mol. The summed E-state index contributed by atoms with van der Waals surface area (Å²) in [5, 5.41) is 8.72. The Kier molecular flexibility index (Phi) is 3.35. The van der Waals surface area contributed by atoms with Gasteiger partial charge >= 0.3 is 0 Å². The Balaban J connectivity index is 2.07. The van der Waals surface area contributed by atoms with Crippen molar-refractivity contribution in [3.05, 3.63) is 0 Å². The second kappa shape index (κ2) is 4.10. The highest BCUT2D eigenvalue weighted by atomic mass is 32.1. The van der Waals surface area contributed by atoms with Crippen LogP contribution < -0.4 is 5.73 Å². The zero-order chi connectivity index (χ0) is 9.03. The average molecular weight is 187 g/mol. The minimum atomic E-state index is -0.0940. The Morgan fingerprint density at radius 2 is 2.33 bits per heavy atom. The van der Waals surface area contributed by atoms with E-state index in [4.69, 9.17) is 15.8 Å². The van der Waals surface area contributed by atoms with Gasteiger partial charge in [0.05, 0.1) is 24.8 Å². The summed E-state index contributed by atoms with van der Waals surface area (Å²) in [7, 11) is 0. The van der Waals surface area contributed by atoms with Crippen molar-refractivity contribution >= 4 is 12.8 Å². The van der Waals surface area contributed by atoms with Gasteiger partial charge < -0.3 is 5.73 Å². The lowest BCUT2D eigenvalue weighted by Gasteiger charge is -2.13. The van der Waals surface area contributed by atoms with Gasteiger partial charge in [0.1, 0.15) is 0 Å². The van der Waals surface area contributed by atoms with Gasteiger partial charge in [-0.2, -0.15) is 5.26 Å². The standard InChI is InChI=1S/C7H13N3OS/c8-5-7(1-2-7)3-4-11-10(12)6-9/h12H,1-4,6,9H2. The molecule has 0 spiro atoms. The quantitative estimate of drug-likeness (QED) is 0.377. The van der Waals surface area contributed by atoms with Crippen LogP contribution in [-0.4, -0.2) is 17.7 Å². The van der Waals surface area contributed by atoms with Crippen LogP contribution in [0.25, 0.3) is 0 Å². The number of hydrogen-bond acceptors (Lipinski definition) is 5. The van der Waals surface area contributed by atoms with Crippen LogP contribution in [0, 0.1) is 16.7 Å². The molecule has 5 heteroatoms. The first-order valence-corrected chi connectivity index (χ1v) is 4.33. The summed E-state index contributed by atoms with van der Waals surface area (Å²) in [4.78, 5) is 5.09. The Labute approximate surface area is 77.8 Å². The fraction of sp³-hybridized carbons (Fsp3) is 0.857. The van der Waals surface area contributed by atoms with Crippen molar-refractivity contribution in [3.63, 3.8) is 0 Å². The average Bonchev–Trinajstić information content (AvgIpc) is 2.85. The summed E-state index contributed by atoms with van der Waals surface area (Å²) in [5.74, 6) is 0. The van der Waals surface area contributed by atoms with Crippen LogP contribution in [0.4, 0.5) is 0 Å². The monoisotopic (exact) mass is 187 g/mol. The highest BCUT2D eigenvalue weighted by Gasteiger charge is 2.42. The molecule has 4 nitrogen and oxygen atoms in total. The van der Waals surface area contributed by atoms with Crippen molar-refractivity contribution in [2.45, 2.75) is 19.3 Å². The van der Waals surface area contributed by atoms with E-state index in [0.717, 1.165) is 19.3 Å². The van der Waals surface area contributed by atoms with Gasteiger partial charge in [0.15, 0.2) is 0 Å². The van der Waals surface area contributed by atoms with Gasteiger partial charge in [0.25, 0.3) is 0 Å². The molecule has 0 aliphatic heterocycles. The molecule has 1 aliphatic rings. The molecule has 0 amide bonds. The maximum absolute atomic E-state index is 8.72. The third kappa shape index (κ3) is 2.64. The maximum Gasteiger partial charge on any atom is 0.0821 e. The van der Waals surface area contributed by atoms with E-state index in [9.17, 15) is 0 Å². The molecule has 0 bridgehead atoms. The summed E-state index contributed by atoms with van der Waals surface area (Å²) in [5.41, 5.74) is 5.14. The van der Waals surface area contributed by atoms with E-state index >= 15 is 0 Å². The summed E-state index contributed by atoms with van der Waals surface area (Å²) in [6.45, 7) is 0.775. The SMILES string of the molecule is N#CC1(CCON(S)CN)CC1. The Morgan fingerprint density at radius 1 is 1.67 bits per heavy atom. The van der Waals surface area contributed by atoms with Gasteiger partial charge in [-0.05, 0) is 19.3 Å². The molecule has 68 valence electrons. The predicted octanol–water partition coefficient (Wildman–Crippen LogP) is 0.675. The van der Waals surface area contributed by atoms with Gasteiger partial charge in [-0.3, -0.25) is 4.84 Å². The first-order valence-electron chi connectivity index (χ1n) is 3.93. The van der Waals surface area contributed by atoms with Crippen LogP contribution in [-0.2, 0) is 4.84 Å². The van der Waals surface area contributed by atoms with E-state index in [2.05, 4.69) is 18.9 Å².